The van der Waals surface area contributed by atoms with Crippen LogP contribution in [0.2, 0.25) is 0 Å². The zero-order valence-electron chi connectivity index (χ0n) is 68.1. The summed E-state index contributed by atoms with van der Waals surface area (Å²) in [4.78, 5) is 0. The van der Waals surface area contributed by atoms with E-state index in [0.717, 1.165) is 0 Å². The predicted molar refractivity (Wildman–Crippen MR) is 482 cm³/mol. The number of hydrogen-bond donors (Lipinski definition) is 0. The van der Waals surface area contributed by atoms with E-state index < -0.39 is 0 Å². The molecule has 0 spiro atoms. The molecule has 0 bridgehead atoms. The Kier molecular flexibility index (Phi) is 17.9. The highest BCUT2D eigenvalue weighted by atomic mass is 15.4. The fraction of sp³-hybridized carbons (Fsp3) is 0.123. The molecule has 0 radical (unpaired) electrons. The van der Waals surface area contributed by atoms with Crippen LogP contribution in [0.25, 0.3) is 170 Å². The van der Waals surface area contributed by atoms with Crippen molar-refractivity contribution in [2.75, 3.05) is 0 Å². The van der Waals surface area contributed by atoms with E-state index in [1.54, 1.807) is 0 Å². The molecule has 0 fully saturated rings. The van der Waals surface area contributed by atoms with Crippen molar-refractivity contribution in [2.24, 2.45) is 35.2 Å². The van der Waals surface area contributed by atoms with Crippen molar-refractivity contribution in [3.63, 3.8) is 0 Å². The third-order valence-corrected chi connectivity index (χ3v) is 24.1. The van der Waals surface area contributed by atoms with Crippen LogP contribution in [0.15, 0.2) is 328 Å². The molecule has 0 atom stereocenters. The number of pyridine rings is 5. The summed E-state index contributed by atoms with van der Waals surface area (Å²) in [7, 11) is 10.7. The van der Waals surface area contributed by atoms with Gasteiger partial charge in [0.2, 0.25) is 28.6 Å². The Morgan fingerprint density at radius 1 is 0.250 bits per heavy atom. The van der Waals surface area contributed by atoms with Crippen molar-refractivity contribution in [2.45, 2.75) is 55.4 Å². The molecular weight excluding hydrogens is 1410 g/mol. The maximum Gasteiger partial charge on any atom is 0.247 e. The minimum atomic E-state index is 1.22. The van der Waals surface area contributed by atoms with E-state index in [9.17, 15) is 0 Å². The fourth-order valence-corrected chi connectivity index (χ4v) is 18.8. The van der Waals surface area contributed by atoms with Gasteiger partial charge in [-0.2, -0.15) is 4.68 Å². The van der Waals surface area contributed by atoms with Gasteiger partial charge in [0.25, 0.3) is 0 Å². The van der Waals surface area contributed by atoms with Crippen molar-refractivity contribution in [1.82, 2.24) is 22.7 Å². The van der Waals surface area contributed by atoms with E-state index in [1.165, 1.54) is 214 Å². The molecule has 23 rings (SSSR count). The first kappa shape index (κ1) is 72.2. The lowest BCUT2D eigenvalue weighted by Gasteiger charge is -2.09. The lowest BCUT2D eigenvalue weighted by molar-refractivity contribution is -0.735. The Bertz CT molecular complexity index is 7860. The molecular formula is C106H93N10+5. The SMILES string of the molecule is Cc1cc(C)cc(-c2cc3c4ccccc4c4cccc(C)c4n3[n+]2C)c1.Cc1cccc2c3ccccc3c3c(-c4ccccc4)c[n+](C)n3c12.Cc1cccc2c3ccccc3c3cc(-c4ccccc4)[n+](C)n3c12.Cc1cccc2c3ccccc3c3cc(C)n(C)[n+]3c12.Cc1cccc2c3ccccc3c3cc[n+](C)n3c12. The monoisotopic (exact) mass is 1510 g/mol. The van der Waals surface area contributed by atoms with Crippen LogP contribution in [0.5, 0.6) is 0 Å². The fourth-order valence-electron chi connectivity index (χ4n) is 18.8. The third kappa shape index (κ3) is 11.8. The maximum atomic E-state index is 2.38. The Balaban J connectivity index is 0.0000000973. The molecule has 0 N–H and O–H groups in total. The lowest BCUT2D eigenvalue weighted by atomic mass is 9.99. The molecule has 10 nitrogen and oxygen atoms in total. The zero-order chi connectivity index (χ0) is 79.5. The molecule has 562 valence electrons. The molecule has 0 aliphatic rings. The summed E-state index contributed by atoms with van der Waals surface area (Å²) in [6.07, 6.45) is 4.36. The van der Waals surface area contributed by atoms with Gasteiger partial charge in [-0.1, -0.05) is 270 Å². The molecule has 0 saturated carbocycles. The molecule has 0 amide bonds. The van der Waals surface area contributed by atoms with Gasteiger partial charge in [-0.25, -0.2) is 0 Å². The Morgan fingerprint density at radius 3 is 1.09 bits per heavy atom. The van der Waals surface area contributed by atoms with Crippen LogP contribution in [0, 0.1) is 55.4 Å². The second-order valence-electron chi connectivity index (χ2n) is 31.6. The summed E-state index contributed by atoms with van der Waals surface area (Å²) in [6, 6.07) is 113. The Hall–Kier alpha value is -14.1. The molecule has 0 aliphatic heterocycles. The first-order valence-electron chi connectivity index (χ1n) is 40.2. The quantitative estimate of drug-likeness (QED) is 0.125. The molecule has 10 heteroatoms. The number of nitrogens with zero attached hydrogens (tertiary/aromatic N) is 10. The van der Waals surface area contributed by atoms with Gasteiger partial charge in [-0.3, -0.25) is 0 Å². The molecule has 10 heterocycles. The van der Waals surface area contributed by atoms with E-state index in [4.69, 9.17) is 0 Å². The molecule has 116 heavy (non-hydrogen) atoms. The first-order chi connectivity index (χ1) is 56.5. The van der Waals surface area contributed by atoms with E-state index in [-0.39, 0.29) is 0 Å². The minimum Gasteiger partial charge on any atom is -0.155 e. The minimum absolute atomic E-state index is 1.22. The van der Waals surface area contributed by atoms with E-state index in [2.05, 4.69) is 464 Å². The number of aryl methyl sites for hydroxylation is 13. The number of hydrogen-bond acceptors (Lipinski definition) is 0. The molecule has 23 aromatic rings. The first-order valence-corrected chi connectivity index (χ1v) is 40.2. The van der Waals surface area contributed by atoms with Crippen LogP contribution in [-0.4, -0.2) is 22.7 Å². The van der Waals surface area contributed by atoms with Crippen molar-refractivity contribution >= 4 is 136 Å². The third-order valence-electron chi connectivity index (χ3n) is 24.1. The molecule has 0 unspecified atom stereocenters. The summed E-state index contributed by atoms with van der Waals surface area (Å²) < 4.78 is 22.9. The van der Waals surface area contributed by atoms with Crippen LogP contribution in [0.4, 0.5) is 0 Å². The normalized spacial score (nSPS) is 11.7. The van der Waals surface area contributed by atoms with Gasteiger partial charge in [0.15, 0.2) is 34.4 Å². The highest BCUT2D eigenvalue weighted by Crippen LogP contribution is 2.39. The van der Waals surface area contributed by atoms with Crippen LogP contribution >= 0.6 is 0 Å². The Morgan fingerprint density at radius 2 is 0.603 bits per heavy atom. The number of aromatic nitrogens is 10. The topological polar surface area (TPSA) is 42.2 Å². The zero-order valence-corrected chi connectivity index (χ0v) is 68.1. The van der Waals surface area contributed by atoms with Gasteiger partial charge in [-0.15, -0.1) is 36.8 Å². The average Bonchev–Trinajstić information content (AvgIpc) is 1.46. The van der Waals surface area contributed by atoms with Crippen LogP contribution in [-0.2, 0) is 35.2 Å². The van der Waals surface area contributed by atoms with E-state index in [0.29, 0.717) is 0 Å². The molecule has 0 saturated heterocycles. The summed E-state index contributed by atoms with van der Waals surface area (Å²) in [5.74, 6) is 0. The van der Waals surface area contributed by atoms with Gasteiger partial charge in [-0.05, 0) is 141 Å². The van der Waals surface area contributed by atoms with Crippen molar-refractivity contribution in [3.8, 4) is 33.6 Å². The van der Waals surface area contributed by atoms with Crippen molar-refractivity contribution < 1.29 is 23.2 Å². The van der Waals surface area contributed by atoms with Crippen molar-refractivity contribution in [3.05, 3.63) is 372 Å². The average molecular weight is 1510 g/mol. The van der Waals surface area contributed by atoms with Crippen LogP contribution in [0.1, 0.15) is 44.6 Å². The lowest BCUT2D eigenvalue weighted by Crippen LogP contribution is -2.37. The van der Waals surface area contributed by atoms with Crippen molar-refractivity contribution in [1.29, 1.82) is 0 Å². The Labute approximate surface area is 674 Å². The highest BCUT2D eigenvalue weighted by molar-refractivity contribution is 6.18. The van der Waals surface area contributed by atoms with Gasteiger partial charge in [0.05, 0.1) is 29.1 Å². The highest BCUT2D eigenvalue weighted by Gasteiger charge is 2.28. The largest absolute Gasteiger partial charge is 0.247 e. The number of fused-ring (bicyclic) bond motifs is 30. The van der Waals surface area contributed by atoms with E-state index >= 15 is 0 Å². The van der Waals surface area contributed by atoms with Gasteiger partial charge in [0, 0.05) is 89.4 Å². The second kappa shape index (κ2) is 28.8. The standard InChI is InChI=1S/C25H23N2.2C23H19N2.C18H17N2.C17H15N2/c1-16-12-17(2)14-19(13-16)23-15-24-21-10-6-5-9-20(21)22-11-7-8-18(3)25(22)27(24)26(23)4;1-16-9-8-14-19-18-12-6-7-13-20(18)23-21(17-10-4-3-5-11-17)15-24(2)25(23)22(16)19;1-16-9-8-14-20-18-12-6-7-13-19(18)22-15-21(17-10-4-3-5-11-17)24(2)25(22)23(16)20;1-12-7-6-10-16-14-8-4-5-9-15(14)17-11-13(2)19(3)20(17)18(12)16;1-12-6-5-9-15-13-7-3-4-8-14(13)16-10-11-18(2)19(16)17(12)15/h5-15H,1-4H3;2*3-15H,1-2H3;4-11H,1-3H3;3-11H,1-2H3/q5*+1. The van der Waals surface area contributed by atoms with Crippen LogP contribution < -0.4 is 23.2 Å². The van der Waals surface area contributed by atoms with E-state index in [1.807, 2.05) is 0 Å². The predicted octanol–water partition coefficient (Wildman–Crippen LogP) is 22.8. The van der Waals surface area contributed by atoms with Crippen LogP contribution in [0.3, 0.4) is 0 Å². The summed E-state index contributed by atoms with van der Waals surface area (Å²) in [5.41, 5.74) is 30.6. The maximum absolute atomic E-state index is 2.38. The summed E-state index contributed by atoms with van der Waals surface area (Å²) in [5, 5.41) is 19.6. The number of benzene rings is 13. The van der Waals surface area contributed by atoms with Gasteiger partial charge >= 0.3 is 0 Å². The molecule has 10 aromatic heterocycles. The smallest absolute Gasteiger partial charge is 0.155 e. The summed E-state index contributed by atoms with van der Waals surface area (Å²) >= 11 is 0. The number of para-hydroxylation sites is 5. The summed E-state index contributed by atoms with van der Waals surface area (Å²) in [6.45, 7) is 17.4. The number of rotatable bonds is 3. The molecule has 13 aromatic carbocycles. The molecule has 0 aliphatic carbocycles. The second-order valence-corrected chi connectivity index (χ2v) is 31.6. The van der Waals surface area contributed by atoms with Gasteiger partial charge in [0.1, 0.15) is 44.1 Å². The van der Waals surface area contributed by atoms with Gasteiger partial charge < -0.3 is 0 Å².